The quantitative estimate of drug-likeness (QED) is 0.166. The molecule has 10 nitrogen and oxygen atoms in total. The van der Waals surface area contributed by atoms with E-state index in [-0.39, 0.29) is 23.7 Å². The van der Waals surface area contributed by atoms with Crippen molar-refractivity contribution in [2.75, 3.05) is 19.0 Å². The van der Waals surface area contributed by atoms with Crippen molar-refractivity contribution in [1.29, 1.82) is 0 Å². The van der Waals surface area contributed by atoms with Crippen molar-refractivity contribution >= 4 is 44.7 Å². The van der Waals surface area contributed by atoms with Crippen LogP contribution in [0.3, 0.4) is 0 Å². The number of thiophene rings is 1. The summed E-state index contributed by atoms with van der Waals surface area (Å²) in [6, 6.07) is 14.9. The van der Waals surface area contributed by atoms with Crippen LogP contribution in [0.5, 0.6) is 5.75 Å². The average molecular weight is 721 g/mol. The number of rotatable bonds is 8. The lowest BCUT2D eigenvalue weighted by atomic mass is 9.71. The molecule has 0 unspecified atom stereocenters. The number of nitrogens with one attached hydrogen (secondary N) is 2. The molecule has 3 fully saturated rings. The molecule has 1 amide bonds. The molecule has 0 radical (unpaired) electrons. The number of pyridine rings is 2. The molecule has 1 saturated carbocycles. The van der Waals surface area contributed by atoms with Gasteiger partial charge in [0.15, 0.2) is 11.6 Å². The second-order valence-corrected chi connectivity index (χ2v) is 15.4. The number of amides is 1. The molecule has 2 N–H and O–H groups in total. The number of halogens is 2. The van der Waals surface area contributed by atoms with Gasteiger partial charge in [0.1, 0.15) is 5.82 Å². The molecule has 11 rings (SSSR count). The number of H-pyrrole nitrogens is 1. The number of methoxy groups -OCH3 is 1. The predicted octanol–water partition coefficient (Wildman–Crippen LogP) is 7.46. The topological polar surface area (TPSA) is 126 Å². The minimum absolute atomic E-state index is 0.0503. The summed E-state index contributed by atoms with van der Waals surface area (Å²) < 4.78 is 26.5. The second-order valence-electron chi connectivity index (χ2n) is 13.9. The zero-order valence-corrected chi connectivity index (χ0v) is 29.0. The highest BCUT2D eigenvalue weighted by Gasteiger charge is 2.65. The molecule has 2 aromatic carbocycles. The van der Waals surface area contributed by atoms with Gasteiger partial charge in [0.2, 0.25) is 0 Å². The minimum Gasteiger partial charge on any atom is -0.493 e. The molecule has 5 aliphatic rings. The van der Waals surface area contributed by atoms with Crippen molar-refractivity contribution in [3.05, 3.63) is 110 Å². The Hall–Kier alpha value is -5.07. The first-order valence-corrected chi connectivity index (χ1v) is 18.2. The Morgan fingerprint density at radius 3 is 2.82 bits per heavy atom. The van der Waals surface area contributed by atoms with E-state index in [9.17, 15) is 14.0 Å². The van der Waals surface area contributed by atoms with Gasteiger partial charge in [-0.05, 0) is 91.3 Å². The van der Waals surface area contributed by atoms with Crippen molar-refractivity contribution in [3.63, 3.8) is 0 Å². The van der Waals surface area contributed by atoms with E-state index in [2.05, 4.69) is 21.6 Å². The van der Waals surface area contributed by atoms with Crippen LogP contribution in [0.25, 0.3) is 32.0 Å². The Balaban J connectivity index is 1.14. The molecule has 7 heterocycles. The van der Waals surface area contributed by atoms with Crippen LogP contribution in [0, 0.1) is 11.7 Å². The summed E-state index contributed by atoms with van der Waals surface area (Å²) in [5.74, 6) is 0.444. The summed E-state index contributed by atoms with van der Waals surface area (Å²) in [5, 5.41) is 11.9. The Morgan fingerprint density at radius 2 is 2.02 bits per heavy atom. The van der Waals surface area contributed by atoms with Gasteiger partial charge in [-0.3, -0.25) is 9.78 Å². The summed E-state index contributed by atoms with van der Waals surface area (Å²) >= 11 is 7.85. The van der Waals surface area contributed by atoms with Gasteiger partial charge in [0.05, 0.1) is 45.9 Å². The number of aryl methyl sites for hydroxylation is 2. The third-order valence-corrected chi connectivity index (χ3v) is 12.5. The first kappa shape index (κ1) is 30.7. The predicted molar refractivity (Wildman–Crippen MR) is 191 cm³/mol. The molecule has 51 heavy (non-hydrogen) atoms. The van der Waals surface area contributed by atoms with Crippen LogP contribution >= 0.6 is 22.9 Å². The molecule has 13 heteroatoms. The maximum atomic E-state index is 14.5. The van der Waals surface area contributed by atoms with E-state index in [0.717, 1.165) is 56.6 Å². The summed E-state index contributed by atoms with van der Waals surface area (Å²) in [4.78, 5) is 39.7. The van der Waals surface area contributed by atoms with Crippen molar-refractivity contribution in [3.8, 4) is 27.6 Å². The third-order valence-electron chi connectivity index (χ3n) is 11.1. The monoisotopic (exact) mass is 720 g/mol. The highest BCUT2D eigenvalue weighted by molar-refractivity contribution is 7.23. The lowest BCUT2D eigenvalue weighted by Gasteiger charge is -2.37. The van der Waals surface area contributed by atoms with Crippen molar-refractivity contribution in [2.45, 2.75) is 50.1 Å². The van der Waals surface area contributed by atoms with Crippen LogP contribution < -0.4 is 15.8 Å². The molecule has 3 aliphatic heterocycles. The van der Waals surface area contributed by atoms with Crippen LogP contribution in [0.15, 0.2) is 63.9 Å². The summed E-state index contributed by atoms with van der Waals surface area (Å²) in [5.41, 5.74) is 5.74. The number of hydrogen-bond acceptors (Lipinski definition) is 9. The highest BCUT2D eigenvalue weighted by Crippen LogP contribution is 2.63. The van der Waals surface area contributed by atoms with Crippen LogP contribution in [0.1, 0.15) is 63.7 Å². The maximum absolute atomic E-state index is 14.5. The Bertz CT molecular complexity index is 2500. The van der Waals surface area contributed by atoms with Gasteiger partial charge in [0.25, 0.3) is 11.8 Å². The van der Waals surface area contributed by atoms with Crippen molar-refractivity contribution in [2.24, 2.45) is 5.92 Å². The molecule has 4 aromatic heterocycles. The average Bonchev–Trinajstić information content (AvgIpc) is 3.95. The van der Waals surface area contributed by atoms with Crippen LogP contribution in [-0.2, 0) is 24.8 Å². The van der Waals surface area contributed by atoms with E-state index in [1.165, 1.54) is 24.5 Å². The number of carbonyl (C=O) groups is 1. The highest BCUT2D eigenvalue weighted by atomic mass is 35.5. The molecule has 2 aliphatic carbocycles. The maximum Gasteiger partial charge on any atom is 0.434 e. The van der Waals surface area contributed by atoms with E-state index in [1.54, 1.807) is 6.20 Å². The molecule has 2 saturated heterocycles. The number of aromatic amines is 1. The Morgan fingerprint density at radius 1 is 1.14 bits per heavy atom. The van der Waals surface area contributed by atoms with Crippen LogP contribution in [0.4, 0.5) is 10.2 Å². The number of hydrogen-bond donors (Lipinski definition) is 2. The minimum atomic E-state index is -0.690. The smallest absolute Gasteiger partial charge is 0.434 e. The van der Waals surface area contributed by atoms with Crippen molar-refractivity contribution in [1.82, 2.24) is 25.1 Å². The van der Waals surface area contributed by atoms with Gasteiger partial charge in [-0.25, -0.2) is 19.3 Å². The third kappa shape index (κ3) is 4.55. The second kappa shape index (κ2) is 11.2. The van der Waals surface area contributed by atoms with Crippen molar-refractivity contribution < 1.29 is 18.3 Å². The van der Waals surface area contributed by atoms with Gasteiger partial charge >= 0.3 is 5.76 Å². The van der Waals surface area contributed by atoms with Gasteiger partial charge in [-0.1, -0.05) is 29.8 Å². The molecular weight excluding hydrogens is 691 g/mol. The number of benzene rings is 2. The lowest BCUT2D eigenvalue weighted by Crippen LogP contribution is -2.40. The molecule has 2 bridgehead atoms. The van der Waals surface area contributed by atoms with Gasteiger partial charge in [-0.2, -0.15) is 0 Å². The van der Waals surface area contributed by atoms with Crippen LogP contribution in [0.2, 0.25) is 5.02 Å². The number of nitrogens with zero attached hydrogens (tertiary/aromatic N) is 4. The van der Waals surface area contributed by atoms with E-state index in [0.29, 0.717) is 70.7 Å². The zero-order valence-electron chi connectivity index (χ0n) is 27.4. The first-order chi connectivity index (χ1) is 24.8. The number of fused-ring (bicyclic) bond motifs is 3. The molecule has 1 atom stereocenters. The van der Waals surface area contributed by atoms with Gasteiger partial charge < -0.3 is 19.4 Å². The number of aromatic nitrogens is 4. The zero-order chi connectivity index (χ0) is 34.6. The van der Waals surface area contributed by atoms with Gasteiger partial charge in [-0.15, -0.1) is 16.4 Å². The fourth-order valence-corrected chi connectivity index (χ4v) is 10.3. The SMILES string of the molecule is COc1c(F)ccc2c1CC[C@H]2Nc1nccc2cc(-c3c4c(nc(CCc5cccc(Cl)c5)c3-c3n[nH]c(=O)o3)C35CC(CN3C4=O)C5)sc12. The number of ether oxygens (including phenoxy) is 1. The fourth-order valence-electron chi connectivity index (χ4n) is 8.91. The summed E-state index contributed by atoms with van der Waals surface area (Å²) in [7, 11) is 1.49. The fraction of sp³-hybridized carbons (Fsp3) is 0.289. The molecular formula is C38H30ClFN6O4S. The van der Waals surface area contributed by atoms with E-state index in [1.807, 2.05) is 41.3 Å². The van der Waals surface area contributed by atoms with E-state index >= 15 is 0 Å². The summed E-state index contributed by atoms with van der Waals surface area (Å²) in [6.07, 6.45) is 6.12. The number of anilines is 1. The van der Waals surface area contributed by atoms with E-state index < -0.39 is 11.3 Å². The number of carbonyl (C=O) groups excluding carboxylic acids is 1. The summed E-state index contributed by atoms with van der Waals surface area (Å²) in [6.45, 7) is 0.710. The largest absolute Gasteiger partial charge is 0.493 e. The Kier molecular flexibility index (Phi) is 6.76. The van der Waals surface area contributed by atoms with E-state index in [4.69, 9.17) is 30.7 Å². The molecule has 6 aromatic rings. The van der Waals surface area contributed by atoms with Crippen LogP contribution in [-0.4, -0.2) is 44.6 Å². The molecule has 256 valence electrons. The molecule has 1 spiro atoms. The van der Waals surface area contributed by atoms with Gasteiger partial charge in [0, 0.05) is 33.8 Å². The standard InChI is InChI=1S/C38H30ClFN6O4S/c1-49-31-23-7-10-25(22(23)6-8-24(31)40)43-34-32-20(11-12-41-34)14-27(51-32)29-28(35-44-45-37(48)50-35)26(9-5-18-3-2-4-21(39)13-18)42-33-30(29)36(47)46-17-19-15-38(33,46)16-19/h2-4,6,8,11-14,19,25H,5,7,9-10,15-17H2,1H3,(H,41,43)(H,45,48)/t19?,25-,38?/m1/s1. The Labute approximate surface area is 299 Å². The first-order valence-electron chi connectivity index (χ1n) is 17.0. The lowest BCUT2D eigenvalue weighted by molar-refractivity contribution is 0.0637. The normalized spacial score (nSPS) is 21.2.